The maximum absolute atomic E-state index is 12.3. The highest BCUT2D eigenvalue weighted by atomic mass is 79.9. The van der Waals surface area contributed by atoms with Gasteiger partial charge in [-0.3, -0.25) is 10.2 Å². The Balaban J connectivity index is 1.58. The fourth-order valence-corrected chi connectivity index (χ4v) is 3.21. The predicted octanol–water partition coefficient (Wildman–Crippen LogP) is 2.55. The average Bonchev–Trinajstić information content (AvgIpc) is 2.49. The van der Waals surface area contributed by atoms with Crippen molar-refractivity contribution in [2.45, 2.75) is 25.3 Å². The number of halogens is 1. The minimum Gasteiger partial charge on any atom is -0.322 e. The van der Waals surface area contributed by atoms with Crippen molar-refractivity contribution in [3.05, 3.63) is 22.8 Å². The van der Waals surface area contributed by atoms with Crippen LogP contribution in [0.3, 0.4) is 0 Å². The zero-order valence-corrected chi connectivity index (χ0v) is 13.0. The smallest absolute Gasteiger partial charge is 0.322 e. The van der Waals surface area contributed by atoms with E-state index >= 15 is 0 Å². The number of rotatable bonds is 1. The number of nitrogens with zero attached hydrogens (tertiary/aromatic N) is 3. The van der Waals surface area contributed by atoms with Crippen molar-refractivity contribution in [2.24, 2.45) is 0 Å². The molecule has 2 aliphatic heterocycles. The van der Waals surface area contributed by atoms with E-state index in [-0.39, 0.29) is 6.03 Å². The summed E-state index contributed by atoms with van der Waals surface area (Å²) >= 11 is 3.34. The van der Waals surface area contributed by atoms with Gasteiger partial charge in [0, 0.05) is 36.3 Å². The maximum Gasteiger partial charge on any atom is 0.323 e. The molecule has 3 rings (SSSR count). The van der Waals surface area contributed by atoms with Crippen LogP contribution in [0.5, 0.6) is 0 Å². The first-order valence-corrected chi connectivity index (χ1v) is 7.93. The number of nitrogens with one attached hydrogen (secondary N) is 1. The Morgan fingerprint density at radius 3 is 3.00 bits per heavy atom. The predicted molar refractivity (Wildman–Crippen MR) is 81.7 cm³/mol. The van der Waals surface area contributed by atoms with Gasteiger partial charge in [0.1, 0.15) is 5.82 Å². The highest BCUT2D eigenvalue weighted by Crippen LogP contribution is 2.21. The van der Waals surface area contributed by atoms with Crippen molar-refractivity contribution in [1.29, 1.82) is 0 Å². The third-order valence-corrected chi connectivity index (χ3v) is 4.56. The molecule has 2 fully saturated rings. The van der Waals surface area contributed by atoms with E-state index in [2.05, 4.69) is 31.1 Å². The van der Waals surface area contributed by atoms with Gasteiger partial charge in [-0.2, -0.15) is 0 Å². The standard InChI is InChI=1S/C14H19BrN4O/c15-11-4-5-13(16-9-11)17-14(20)19-8-7-18-6-2-1-3-12(18)10-19/h4-5,9,12H,1-3,6-8,10H2,(H,16,17,20). The number of carbonyl (C=O) groups is 1. The summed E-state index contributed by atoms with van der Waals surface area (Å²) in [5.41, 5.74) is 0. The van der Waals surface area contributed by atoms with Crippen LogP contribution < -0.4 is 5.32 Å². The van der Waals surface area contributed by atoms with E-state index in [0.717, 1.165) is 24.1 Å². The molecule has 0 aliphatic carbocycles. The number of urea groups is 1. The third-order valence-electron chi connectivity index (χ3n) is 4.09. The van der Waals surface area contributed by atoms with Gasteiger partial charge in [-0.25, -0.2) is 9.78 Å². The molecule has 1 unspecified atom stereocenters. The second kappa shape index (κ2) is 6.10. The van der Waals surface area contributed by atoms with E-state index < -0.39 is 0 Å². The molecule has 0 spiro atoms. The van der Waals surface area contributed by atoms with Gasteiger partial charge >= 0.3 is 6.03 Å². The number of piperazine rings is 1. The molecule has 0 saturated carbocycles. The second-order valence-corrected chi connectivity index (χ2v) is 6.34. The van der Waals surface area contributed by atoms with Gasteiger partial charge < -0.3 is 4.90 Å². The molecule has 108 valence electrons. The molecular formula is C14H19BrN4O. The Morgan fingerprint density at radius 1 is 1.30 bits per heavy atom. The van der Waals surface area contributed by atoms with E-state index in [1.165, 1.54) is 25.8 Å². The van der Waals surface area contributed by atoms with E-state index in [0.29, 0.717) is 11.9 Å². The third kappa shape index (κ3) is 3.12. The number of piperidine rings is 1. The van der Waals surface area contributed by atoms with Crippen molar-refractivity contribution in [3.63, 3.8) is 0 Å². The van der Waals surface area contributed by atoms with E-state index in [1.807, 2.05) is 11.0 Å². The first kappa shape index (κ1) is 13.8. The number of hydrogen-bond acceptors (Lipinski definition) is 3. The molecule has 0 aromatic carbocycles. The summed E-state index contributed by atoms with van der Waals surface area (Å²) < 4.78 is 0.909. The van der Waals surface area contributed by atoms with Crippen LogP contribution in [0.4, 0.5) is 10.6 Å². The Hall–Kier alpha value is -1.14. The second-order valence-electron chi connectivity index (χ2n) is 5.42. The molecule has 0 bridgehead atoms. The monoisotopic (exact) mass is 338 g/mol. The first-order valence-electron chi connectivity index (χ1n) is 7.14. The first-order chi connectivity index (χ1) is 9.72. The molecule has 20 heavy (non-hydrogen) atoms. The quantitative estimate of drug-likeness (QED) is 0.855. The normalized spacial score (nSPS) is 23.2. The lowest BCUT2D eigenvalue weighted by Crippen LogP contribution is -2.56. The number of amides is 2. The maximum atomic E-state index is 12.3. The van der Waals surface area contributed by atoms with E-state index in [4.69, 9.17) is 0 Å². The van der Waals surface area contributed by atoms with Crippen LogP contribution in [0.1, 0.15) is 19.3 Å². The lowest BCUT2D eigenvalue weighted by atomic mass is 10.00. The van der Waals surface area contributed by atoms with Crippen LogP contribution in [-0.2, 0) is 0 Å². The minimum atomic E-state index is -0.0370. The fourth-order valence-electron chi connectivity index (χ4n) is 2.98. The van der Waals surface area contributed by atoms with Crippen molar-refractivity contribution >= 4 is 27.8 Å². The van der Waals surface area contributed by atoms with Crippen LogP contribution in [0, 0.1) is 0 Å². The van der Waals surface area contributed by atoms with Crippen LogP contribution in [0.2, 0.25) is 0 Å². The van der Waals surface area contributed by atoms with Gasteiger partial charge in [0.15, 0.2) is 0 Å². The number of hydrogen-bond donors (Lipinski definition) is 1. The topological polar surface area (TPSA) is 48.5 Å². The molecule has 1 aromatic rings. The summed E-state index contributed by atoms with van der Waals surface area (Å²) in [5.74, 6) is 0.601. The molecule has 5 nitrogen and oxygen atoms in total. The summed E-state index contributed by atoms with van der Waals surface area (Å²) in [6, 6.07) is 4.19. The Morgan fingerprint density at radius 2 is 2.20 bits per heavy atom. The van der Waals surface area contributed by atoms with Gasteiger partial charge in [0.05, 0.1) is 0 Å². The van der Waals surface area contributed by atoms with Crippen LogP contribution >= 0.6 is 15.9 Å². The van der Waals surface area contributed by atoms with Crippen LogP contribution in [-0.4, -0.2) is 53.0 Å². The summed E-state index contributed by atoms with van der Waals surface area (Å²) in [4.78, 5) is 20.9. The van der Waals surface area contributed by atoms with E-state index in [9.17, 15) is 4.79 Å². The van der Waals surface area contributed by atoms with Gasteiger partial charge in [0.2, 0.25) is 0 Å². The molecule has 1 aromatic heterocycles. The molecule has 2 saturated heterocycles. The van der Waals surface area contributed by atoms with Gasteiger partial charge in [0.25, 0.3) is 0 Å². The zero-order valence-electron chi connectivity index (χ0n) is 11.4. The molecule has 1 atom stereocenters. The highest BCUT2D eigenvalue weighted by Gasteiger charge is 2.30. The molecule has 1 N–H and O–H groups in total. The number of fused-ring (bicyclic) bond motifs is 1. The summed E-state index contributed by atoms with van der Waals surface area (Å²) in [6.45, 7) is 3.82. The summed E-state index contributed by atoms with van der Waals surface area (Å²) in [6.07, 6.45) is 5.48. The highest BCUT2D eigenvalue weighted by molar-refractivity contribution is 9.10. The lowest BCUT2D eigenvalue weighted by Gasteiger charge is -2.43. The number of carbonyl (C=O) groups excluding carboxylic acids is 1. The van der Waals surface area contributed by atoms with Crippen LogP contribution in [0.15, 0.2) is 22.8 Å². The fraction of sp³-hybridized carbons (Fsp3) is 0.571. The van der Waals surface area contributed by atoms with Gasteiger partial charge in [-0.1, -0.05) is 6.42 Å². The zero-order chi connectivity index (χ0) is 13.9. The van der Waals surface area contributed by atoms with Crippen molar-refractivity contribution < 1.29 is 4.79 Å². The molecule has 0 radical (unpaired) electrons. The Kier molecular flexibility index (Phi) is 4.21. The molecular weight excluding hydrogens is 320 g/mol. The average molecular weight is 339 g/mol. The number of aromatic nitrogens is 1. The van der Waals surface area contributed by atoms with Gasteiger partial charge in [-0.15, -0.1) is 0 Å². The lowest BCUT2D eigenvalue weighted by molar-refractivity contribution is 0.0678. The minimum absolute atomic E-state index is 0.0370. The van der Waals surface area contributed by atoms with Crippen LogP contribution in [0.25, 0.3) is 0 Å². The molecule has 3 heterocycles. The van der Waals surface area contributed by atoms with E-state index in [1.54, 1.807) is 12.3 Å². The Bertz CT molecular complexity index is 479. The molecule has 2 amide bonds. The molecule has 2 aliphatic rings. The Labute approximate surface area is 127 Å². The number of pyridine rings is 1. The van der Waals surface area contributed by atoms with Gasteiger partial charge in [-0.05, 0) is 47.4 Å². The van der Waals surface area contributed by atoms with Crippen molar-refractivity contribution in [1.82, 2.24) is 14.8 Å². The summed E-state index contributed by atoms with van der Waals surface area (Å²) in [5, 5.41) is 2.87. The number of anilines is 1. The molecule has 6 heteroatoms. The van der Waals surface area contributed by atoms with Crippen molar-refractivity contribution in [2.75, 3.05) is 31.5 Å². The largest absolute Gasteiger partial charge is 0.323 e. The SMILES string of the molecule is O=C(Nc1ccc(Br)cn1)N1CCN2CCCCC2C1. The van der Waals surface area contributed by atoms with Crippen molar-refractivity contribution in [3.8, 4) is 0 Å². The summed E-state index contributed by atoms with van der Waals surface area (Å²) in [7, 11) is 0.